The molecule has 0 bridgehead atoms. The molecule has 0 aromatic heterocycles. The van der Waals surface area contributed by atoms with E-state index < -0.39 is 8.32 Å². The molecule has 1 aromatic rings. The van der Waals surface area contributed by atoms with Gasteiger partial charge in [-0.1, -0.05) is 0 Å². The van der Waals surface area contributed by atoms with Gasteiger partial charge in [-0.15, -0.1) is 0 Å². The van der Waals surface area contributed by atoms with Gasteiger partial charge in [0.25, 0.3) is 0 Å². The Hall–Kier alpha value is -1.68. The van der Waals surface area contributed by atoms with E-state index >= 15 is 0 Å². The number of hydrogen-bond donors (Lipinski definition) is 0. The molecule has 0 spiro atoms. The lowest BCUT2D eigenvalue weighted by atomic mass is 9.92. The third-order valence-corrected chi connectivity index (χ3v) is 3.39. The van der Waals surface area contributed by atoms with Crippen LogP contribution in [0.25, 0.3) is 0 Å². The van der Waals surface area contributed by atoms with E-state index in [4.69, 9.17) is 4.43 Å². The average Bonchev–Trinajstić information content (AvgIpc) is 2.20. The highest BCUT2D eigenvalue weighted by atomic mass is 28.4. The first-order valence-corrected chi connectivity index (χ1v) is 9.29. The maximum Gasteiger partial charge on any atom is 0.242 e. The van der Waals surface area contributed by atoms with Gasteiger partial charge in [-0.3, -0.25) is 9.59 Å². The standard InChI is InChI=1S/C14H16O3Si/c1-9-7-10-11(15)5-6-12(16)14(10)13(8-9)17-18(2,3)4/h5-8H,1-4H3. The van der Waals surface area contributed by atoms with Crippen LogP contribution in [0, 0.1) is 6.92 Å². The molecule has 0 radical (unpaired) electrons. The number of rotatable bonds is 2. The highest BCUT2D eigenvalue weighted by Gasteiger charge is 2.26. The maximum atomic E-state index is 11.9. The molecule has 4 heteroatoms. The molecular formula is C14H16O3Si. The van der Waals surface area contributed by atoms with Gasteiger partial charge >= 0.3 is 0 Å². The van der Waals surface area contributed by atoms with Gasteiger partial charge in [-0.25, -0.2) is 0 Å². The van der Waals surface area contributed by atoms with Crippen LogP contribution >= 0.6 is 0 Å². The van der Waals surface area contributed by atoms with E-state index in [2.05, 4.69) is 0 Å². The van der Waals surface area contributed by atoms with Crippen molar-refractivity contribution in [2.24, 2.45) is 0 Å². The van der Waals surface area contributed by atoms with E-state index in [1.165, 1.54) is 12.2 Å². The smallest absolute Gasteiger partial charge is 0.242 e. The van der Waals surface area contributed by atoms with Gasteiger partial charge in [0.05, 0.1) is 5.56 Å². The minimum absolute atomic E-state index is 0.131. The van der Waals surface area contributed by atoms with E-state index in [-0.39, 0.29) is 11.6 Å². The van der Waals surface area contributed by atoms with E-state index in [9.17, 15) is 9.59 Å². The second-order valence-electron chi connectivity index (χ2n) is 5.46. The third kappa shape index (κ3) is 2.43. The van der Waals surface area contributed by atoms with Crippen molar-refractivity contribution in [3.05, 3.63) is 41.0 Å². The fraction of sp³-hybridized carbons (Fsp3) is 0.286. The highest BCUT2D eigenvalue weighted by molar-refractivity contribution is 6.70. The predicted molar refractivity (Wildman–Crippen MR) is 73.0 cm³/mol. The summed E-state index contributed by atoms with van der Waals surface area (Å²) in [5, 5.41) is 0. The Bertz CT molecular complexity index is 565. The summed E-state index contributed by atoms with van der Waals surface area (Å²) < 4.78 is 5.93. The van der Waals surface area contributed by atoms with Gasteiger partial charge in [-0.2, -0.15) is 0 Å². The molecule has 94 valence electrons. The Morgan fingerprint density at radius 1 is 1.00 bits per heavy atom. The minimum atomic E-state index is -1.82. The van der Waals surface area contributed by atoms with Gasteiger partial charge in [-0.05, 0) is 56.4 Å². The van der Waals surface area contributed by atoms with E-state index in [0.717, 1.165) is 5.56 Å². The SMILES string of the molecule is Cc1cc(O[Si](C)(C)C)c2c(c1)C(=O)C=CC2=O. The summed E-state index contributed by atoms with van der Waals surface area (Å²) in [6.45, 7) is 8.04. The lowest BCUT2D eigenvalue weighted by Crippen LogP contribution is -2.30. The van der Waals surface area contributed by atoms with Crippen molar-refractivity contribution >= 4 is 19.9 Å². The molecule has 0 heterocycles. The zero-order valence-corrected chi connectivity index (χ0v) is 12.0. The summed E-state index contributed by atoms with van der Waals surface area (Å²) in [5.41, 5.74) is 1.80. The maximum absolute atomic E-state index is 11.9. The van der Waals surface area contributed by atoms with Crippen molar-refractivity contribution in [1.29, 1.82) is 0 Å². The summed E-state index contributed by atoms with van der Waals surface area (Å²) in [5.74, 6) is 0.262. The summed E-state index contributed by atoms with van der Waals surface area (Å²) in [7, 11) is -1.82. The minimum Gasteiger partial charge on any atom is -0.544 e. The van der Waals surface area contributed by atoms with Crippen molar-refractivity contribution in [1.82, 2.24) is 0 Å². The Morgan fingerprint density at radius 2 is 1.61 bits per heavy atom. The number of hydrogen-bond acceptors (Lipinski definition) is 3. The van der Waals surface area contributed by atoms with Crippen LogP contribution in [0.1, 0.15) is 26.3 Å². The molecule has 3 nitrogen and oxygen atoms in total. The number of ketones is 2. The van der Waals surface area contributed by atoms with Crippen LogP contribution < -0.4 is 4.43 Å². The normalized spacial score (nSPS) is 14.7. The molecule has 0 saturated heterocycles. The van der Waals surface area contributed by atoms with Gasteiger partial charge in [0.2, 0.25) is 8.32 Å². The molecule has 0 aliphatic heterocycles. The average molecular weight is 260 g/mol. The quantitative estimate of drug-likeness (QED) is 0.767. The Kier molecular flexibility index (Phi) is 2.98. The van der Waals surface area contributed by atoms with Crippen LogP contribution in [-0.2, 0) is 0 Å². The molecule has 1 aliphatic carbocycles. The fourth-order valence-electron chi connectivity index (χ4n) is 1.94. The molecule has 0 unspecified atom stereocenters. The van der Waals surface area contributed by atoms with Crippen molar-refractivity contribution in [3.63, 3.8) is 0 Å². The summed E-state index contributed by atoms with van der Waals surface area (Å²) in [4.78, 5) is 23.8. The molecule has 2 rings (SSSR count). The summed E-state index contributed by atoms with van der Waals surface area (Å²) in [6.07, 6.45) is 2.64. The number of aryl methyl sites for hydroxylation is 1. The molecule has 18 heavy (non-hydrogen) atoms. The zero-order chi connectivity index (χ0) is 13.5. The van der Waals surface area contributed by atoms with E-state index in [1.807, 2.05) is 32.6 Å². The first-order valence-electron chi connectivity index (χ1n) is 5.88. The van der Waals surface area contributed by atoms with Crippen LogP contribution in [0.5, 0.6) is 5.75 Å². The number of fused-ring (bicyclic) bond motifs is 1. The topological polar surface area (TPSA) is 43.4 Å². The number of allylic oxidation sites excluding steroid dienone is 2. The van der Waals surface area contributed by atoms with E-state index in [1.54, 1.807) is 6.07 Å². The van der Waals surface area contributed by atoms with Crippen molar-refractivity contribution in [3.8, 4) is 5.75 Å². The molecular weight excluding hydrogens is 244 g/mol. The number of carbonyl (C=O) groups excluding carboxylic acids is 2. The van der Waals surface area contributed by atoms with E-state index in [0.29, 0.717) is 16.9 Å². The van der Waals surface area contributed by atoms with Crippen molar-refractivity contribution < 1.29 is 14.0 Å². The molecule has 0 atom stereocenters. The first kappa shape index (κ1) is 12.8. The Labute approximate surface area is 108 Å². The molecule has 0 N–H and O–H groups in total. The predicted octanol–water partition coefficient (Wildman–Crippen LogP) is 3.14. The number of carbonyl (C=O) groups is 2. The van der Waals surface area contributed by atoms with Crippen LogP contribution in [0.15, 0.2) is 24.3 Å². The fourth-order valence-corrected chi connectivity index (χ4v) is 2.76. The van der Waals surface area contributed by atoms with Crippen molar-refractivity contribution in [2.45, 2.75) is 26.6 Å². The zero-order valence-electron chi connectivity index (χ0n) is 11.0. The van der Waals surface area contributed by atoms with Gasteiger partial charge in [0, 0.05) is 5.56 Å². The lowest BCUT2D eigenvalue weighted by molar-refractivity contribution is 0.0992. The molecule has 1 aromatic carbocycles. The van der Waals surface area contributed by atoms with Gasteiger partial charge < -0.3 is 4.43 Å². The van der Waals surface area contributed by atoms with Crippen molar-refractivity contribution in [2.75, 3.05) is 0 Å². The lowest BCUT2D eigenvalue weighted by Gasteiger charge is -2.23. The van der Waals surface area contributed by atoms with Crippen LogP contribution in [0.4, 0.5) is 0 Å². The van der Waals surface area contributed by atoms with Crippen LogP contribution in [-0.4, -0.2) is 19.9 Å². The van der Waals surface area contributed by atoms with Gasteiger partial charge in [0.15, 0.2) is 11.6 Å². The Balaban J connectivity index is 2.62. The summed E-state index contributed by atoms with van der Waals surface area (Å²) in [6, 6.07) is 3.58. The largest absolute Gasteiger partial charge is 0.544 e. The molecule has 0 amide bonds. The van der Waals surface area contributed by atoms with Gasteiger partial charge in [0.1, 0.15) is 5.75 Å². The molecule has 1 aliphatic rings. The first-order chi connectivity index (χ1) is 8.28. The molecule has 0 saturated carbocycles. The highest BCUT2D eigenvalue weighted by Crippen LogP contribution is 2.30. The molecule has 0 fully saturated rings. The Morgan fingerprint density at radius 3 is 2.22 bits per heavy atom. The number of benzene rings is 1. The second kappa shape index (κ2) is 4.21. The summed E-state index contributed by atoms with van der Waals surface area (Å²) >= 11 is 0. The monoisotopic (exact) mass is 260 g/mol. The third-order valence-electron chi connectivity index (χ3n) is 2.56. The van der Waals surface area contributed by atoms with Crippen LogP contribution in [0.3, 0.4) is 0 Å². The second-order valence-corrected chi connectivity index (χ2v) is 9.89. The van der Waals surface area contributed by atoms with Crippen LogP contribution in [0.2, 0.25) is 19.6 Å².